The number of carbonyl (C=O) groups is 1. The molecule has 8 nitrogen and oxygen atoms in total. The number of sulfonamides is 1. The molecule has 1 atom stereocenters. The van der Waals surface area contributed by atoms with E-state index in [9.17, 15) is 13.2 Å². The Kier molecular flexibility index (Phi) is 8.59. The van der Waals surface area contributed by atoms with E-state index in [0.717, 1.165) is 9.87 Å². The summed E-state index contributed by atoms with van der Waals surface area (Å²) in [4.78, 5) is 13.1. The van der Waals surface area contributed by atoms with E-state index in [0.29, 0.717) is 29.5 Å². The minimum absolute atomic E-state index is 0.0922. The van der Waals surface area contributed by atoms with Crippen LogP contribution < -0.4 is 23.8 Å². The fourth-order valence-corrected chi connectivity index (χ4v) is 4.98. The lowest BCUT2D eigenvalue weighted by Crippen LogP contribution is -2.41. The van der Waals surface area contributed by atoms with Crippen molar-refractivity contribution < 1.29 is 27.4 Å². The van der Waals surface area contributed by atoms with Crippen LogP contribution in [0, 0.1) is 0 Å². The third-order valence-corrected chi connectivity index (χ3v) is 7.13. The second-order valence-corrected chi connectivity index (χ2v) is 9.52. The quantitative estimate of drug-likeness (QED) is 0.426. The molecule has 0 aliphatic carbocycles. The molecule has 0 spiro atoms. The summed E-state index contributed by atoms with van der Waals surface area (Å²) in [7, 11) is -0.917. The molecule has 1 N–H and O–H groups in total. The van der Waals surface area contributed by atoms with E-state index >= 15 is 0 Å². The van der Waals surface area contributed by atoms with Crippen LogP contribution in [0.3, 0.4) is 0 Å². The van der Waals surface area contributed by atoms with Gasteiger partial charge in [0.15, 0.2) is 11.5 Å². The Bertz CT molecular complexity index is 1230. The molecule has 0 aliphatic rings. The molecular formula is C26H30N2O6S. The van der Waals surface area contributed by atoms with Gasteiger partial charge in [-0.1, -0.05) is 24.3 Å². The van der Waals surface area contributed by atoms with Gasteiger partial charge in [-0.15, -0.1) is 0 Å². The number of methoxy groups -OCH3 is 2. The lowest BCUT2D eigenvalue weighted by molar-refractivity contribution is -0.120. The number of ether oxygens (including phenoxy) is 3. The van der Waals surface area contributed by atoms with E-state index in [2.05, 4.69) is 5.32 Å². The van der Waals surface area contributed by atoms with Crippen molar-refractivity contribution in [2.75, 3.05) is 31.7 Å². The first kappa shape index (κ1) is 25.9. The highest BCUT2D eigenvalue weighted by molar-refractivity contribution is 7.92. The van der Waals surface area contributed by atoms with Crippen LogP contribution in [0.4, 0.5) is 5.69 Å². The van der Waals surface area contributed by atoms with Gasteiger partial charge >= 0.3 is 0 Å². The Hall–Kier alpha value is -3.72. The summed E-state index contributed by atoms with van der Waals surface area (Å²) in [6.07, 6.45) is 0. The molecule has 0 saturated heterocycles. The molecule has 0 bridgehead atoms. The van der Waals surface area contributed by atoms with Crippen molar-refractivity contribution in [2.45, 2.75) is 24.8 Å². The number of nitrogens with zero attached hydrogens (tertiary/aromatic N) is 1. The average Bonchev–Trinajstić information content (AvgIpc) is 2.88. The van der Waals surface area contributed by atoms with E-state index in [1.165, 1.54) is 19.2 Å². The van der Waals surface area contributed by atoms with E-state index in [4.69, 9.17) is 14.2 Å². The van der Waals surface area contributed by atoms with Gasteiger partial charge < -0.3 is 19.5 Å². The van der Waals surface area contributed by atoms with Gasteiger partial charge in [-0.25, -0.2) is 8.42 Å². The second kappa shape index (κ2) is 11.6. The number of nitrogens with one attached hydrogen (secondary N) is 1. The number of benzene rings is 3. The molecule has 0 fully saturated rings. The van der Waals surface area contributed by atoms with Crippen LogP contribution in [0.2, 0.25) is 0 Å². The molecule has 9 heteroatoms. The molecule has 0 aliphatic heterocycles. The maximum Gasteiger partial charge on any atom is 0.264 e. The Balaban J connectivity index is 1.86. The second-order valence-electron chi connectivity index (χ2n) is 7.66. The van der Waals surface area contributed by atoms with Crippen molar-refractivity contribution in [1.82, 2.24) is 5.32 Å². The summed E-state index contributed by atoms with van der Waals surface area (Å²) in [6.45, 7) is 3.76. The molecule has 0 aromatic heterocycles. The summed E-state index contributed by atoms with van der Waals surface area (Å²) < 4.78 is 44.1. The number of hydrogen-bond acceptors (Lipinski definition) is 6. The Morgan fingerprint density at radius 1 is 0.943 bits per heavy atom. The third-order valence-electron chi connectivity index (χ3n) is 5.34. The predicted molar refractivity (Wildman–Crippen MR) is 135 cm³/mol. The summed E-state index contributed by atoms with van der Waals surface area (Å²) in [5, 5.41) is 2.87. The van der Waals surface area contributed by atoms with Gasteiger partial charge in [0.05, 0.1) is 37.5 Å². The highest BCUT2D eigenvalue weighted by Crippen LogP contribution is 2.30. The van der Waals surface area contributed by atoms with E-state index in [1.807, 2.05) is 19.9 Å². The number of anilines is 1. The molecular weight excluding hydrogens is 468 g/mol. The van der Waals surface area contributed by atoms with Crippen LogP contribution in [-0.4, -0.2) is 41.7 Å². The fraction of sp³-hybridized carbons (Fsp3) is 0.269. The molecule has 3 aromatic carbocycles. The molecule has 0 unspecified atom stereocenters. The smallest absolute Gasteiger partial charge is 0.264 e. The van der Waals surface area contributed by atoms with Gasteiger partial charge in [0.1, 0.15) is 12.3 Å². The SMILES string of the molecule is CCOc1ccc(N(CC(=O)N[C@@H](C)c2ccc(OC)c(OC)c2)S(=O)(=O)c2ccccc2)cc1. The van der Waals surface area contributed by atoms with Crippen LogP contribution in [0.25, 0.3) is 0 Å². The zero-order valence-corrected chi connectivity index (χ0v) is 21.0. The van der Waals surface area contributed by atoms with Crippen LogP contribution in [0.1, 0.15) is 25.5 Å². The Labute approximate surface area is 206 Å². The van der Waals surface area contributed by atoms with E-state index < -0.39 is 28.5 Å². The van der Waals surface area contributed by atoms with Crippen molar-refractivity contribution >= 4 is 21.6 Å². The molecule has 0 radical (unpaired) electrons. The topological polar surface area (TPSA) is 94.2 Å². The van der Waals surface area contributed by atoms with Crippen molar-refractivity contribution in [3.05, 3.63) is 78.4 Å². The zero-order chi connectivity index (χ0) is 25.4. The highest BCUT2D eigenvalue weighted by atomic mass is 32.2. The number of carbonyl (C=O) groups excluding carboxylic acids is 1. The summed E-state index contributed by atoms with van der Waals surface area (Å²) in [5.74, 6) is 1.26. The fourth-order valence-electron chi connectivity index (χ4n) is 3.53. The third kappa shape index (κ3) is 6.24. The molecule has 35 heavy (non-hydrogen) atoms. The molecule has 0 saturated carbocycles. The highest BCUT2D eigenvalue weighted by Gasteiger charge is 2.27. The largest absolute Gasteiger partial charge is 0.494 e. The van der Waals surface area contributed by atoms with Crippen molar-refractivity contribution in [3.63, 3.8) is 0 Å². The zero-order valence-electron chi connectivity index (χ0n) is 20.2. The van der Waals surface area contributed by atoms with Crippen molar-refractivity contribution in [1.29, 1.82) is 0 Å². The van der Waals surface area contributed by atoms with Crippen LogP contribution in [0.5, 0.6) is 17.2 Å². The maximum atomic E-state index is 13.5. The van der Waals surface area contributed by atoms with Gasteiger partial charge in [0.2, 0.25) is 5.91 Å². The van der Waals surface area contributed by atoms with Crippen molar-refractivity contribution in [2.24, 2.45) is 0 Å². The minimum atomic E-state index is -4.00. The Morgan fingerprint density at radius 2 is 1.60 bits per heavy atom. The first-order chi connectivity index (χ1) is 16.8. The standard InChI is InChI=1S/C26H30N2O6S/c1-5-34-22-14-12-21(13-15-22)28(35(30,31)23-9-7-6-8-10-23)18-26(29)27-19(2)20-11-16-24(32-3)25(17-20)33-4/h6-17,19H,5,18H2,1-4H3,(H,27,29)/t19-/m0/s1. The minimum Gasteiger partial charge on any atom is -0.494 e. The lowest BCUT2D eigenvalue weighted by atomic mass is 10.1. The van der Waals surface area contributed by atoms with Gasteiger partial charge in [-0.3, -0.25) is 9.10 Å². The molecule has 3 aromatic rings. The van der Waals surface area contributed by atoms with E-state index in [-0.39, 0.29) is 4.90 Å². The normalized spacial score (nSPS) is 11.9. The van der Waals surface area contributed by atoms with Crippen LogP contribution in [-0.2, 0) is 14.8 Å². The predicted octanol–water partition coefficient (Wildman–Crippen LogP) is 4.18. The Morgan fingerprint density at radius 3 is 2.20 bits per heavy atom. The first-order valence-corrected chi connectivity index (χ1v) is 12.6. The molecule has 186 valence electrons. The number of rotatable bonds is 11. The number of amides is 1. The lowest BCUT2D eigenvalue weighted by Gasteiger charge is -2.25. The van der Waals surface area contributed by atoms with Crippen molar-refractivity contribution in [3.8, 4) is 17.2 Å². The van der Waals surface area contributed by atoms with Crippen LogP contribution in [0.15, 0.2) is 77.7 Å². The molecule has 0 heterocycles. The van der Waals surface area contributed by atoms with Gasteiger partial charge in [-0.05, 0) is 67.9 Å². The van der Waals surface area contributed by atoms with Gasteiger partial charge in [0, 0.05) is 0 Å². The summed E-state index contributed by atoms with van der Waals surface area (Å²) in [5.41, 5.74) is 1.14. The average molecular weight is 499 g/mol. The number of hydrogen-bond donors (Lipinski definition) is 1. The molecule has 3 rings (SSSR count). The first-order valence-electron chi connectivity index (χ1n) is 11.1. The van der Waals surface area contributed by atoms with E-state index in [1.54, 1.807) is 61.7 Å². The summed E-state index contributed by atoms with van der Waals surface area (Å²) in [6, 6.07) is 19.6. The molecule has 1 amide bonds. The van der Waals surface area contributed by atoms with Crippen LogP contribution >= 0.6 is 0 Å². The van der Waals surface area contributed by atoms with Gasteiger partial charge in [0.25, 0.3) is 10.0 Å². The maximum absolute atomic E-state index is 13.5. The summed E-state index contributed by atoms with van der Waals surface area (Å²) >= 11 is 0. The monoisotopic (exact) mass is 498 g/mol. The van der Waals surface area contributed by atoms with Gasteiger partial charge in [-0.2, -0.15) is 0 Å².